The summed E-state index contributed by atoms with van der Waals surface area (Å²) in [6.07, 6.45) is 1.46. The number of hydrogen-bond donors (Lipinski definition) is 2. The van der Waals surface area contributed by atoms with Crippen LogP contribution in [0.25, 0.3) is 0 Å². The Balaban J connectivity index is 2.36. The quantitative estimate of drug-likeness (QED) is 0.835. The first kappa shape index (κ1) is 14.3. The summed E-state index contributed by atoms with van der Waals surface area (Å²) in [7, 11) is 0. The van der Waals surface area contributed by atoms with Crippen LogP contribution >= 0.6 is 0 Å². The van der Waals surface area contributed by atoms with Crippen molar-refractivity contribution >= 4 is 23.2 Å². The van der Waals surface area contributed by atoms with Gasteiger partial charge >= 0.3 is 5.97 Å². The topological polar surface area (TPSA) is 101 Å². The van der Waals surface area contributed by atoms with Gasteiger partial charge in [-0.05, 0) is 25.1 Å². The smallest absolute Gasteiger partial charge is 0.340 e. The van der Waals surface area contributed by atoms with Crippen molar-refractivity contribution in [2.75, 3.05) is 17.7 Å². The maximum atomic E-state index is 11.8. The van der Waals surface area contributed by atoms with Crippen LogP contribution < -0.4 is 11.1 Å². The fourth-order valence-corrected chi connectivity index (χ4v) is 1.78. The van der Waals surface area contributed by atoms with E-state index in [2.05, 4.69) is 16.4 Å². The van der Waals surface area contributed by atoms with Crippen molar-refractivity contribution in [1.82, 2.24) is 4.98 Å². The molecule has 106 valence electrons. The molecule has 3 N–H and O–H groups in total. The highest BCUT2D eigenvalue weighted by atomic mass is 16.5. The number of para-hydroxylation sites is 1. The third-order valence-electron chi connectivity index (χ3n) is 2.79. The van der Waals surface area contributed by atoms with Gasteiger partial charge in [-0.25, -0.2) is 9.78 Å². The molecule has 0 saturated carbocycles. The third kappa shape index (κ3) is 3.09. The zero-order valence-electron chi connectivity index (χ0n) is 11.5. The highest BCUT2D eigenvalue weighted by Gasteiger charge is 2.15. The molecular formula is C15H14N4O2. The summed E-state index contributed by atoms with van der Waals surface area (Å²) in [6, 6.07) is 10.5. The fraction of sp³-hybridized carbons (Fsp3) is 0.133. The van der Waals surface area contributed by atoms with Gasteiger partial charge in [0.05, 0.1) is 29.1 Å². The molecular weight excluding hydrogens is 268 g/mol. The Morgan fingerprint density at radius 2 is 2.19 bits per heavy atom. The summed E-state index contributed by atoms with van der Waals surface area (Å²) in [4.78, 5) is 15.9. The van der Waals surface area contributed by atoms with Gasteiger partial charge in [-0.2, -0.15) is 5.26 Å². The lowest BCUT2D eigenvalue weighted by atomic mass is 10.2. The van der Waals surface area contributed by atoms with E-state index in [4.69, 9.17) is 15.7 Å². The van der Waals surface area contributed by atoms with Crippen molar-refractivity contribution in [2.24, 2.45) is 0 Å². The normalized spacial score (nSPS) is 9.71. The number of nitriles is 1. The maximum Gasteiger partial charge on any atom is 0.340 e. The lowest BCUT2D eigenvalue weighted by Crippen LogP contribution is -2.10. The van der Waals surface area contributed by atoms with Crippen molar-refractivity contribution in [1.29, 1.82) is 5.26 Å². The molecule has 1 heterocycles. The molecule has 0 amide bonds. The zero-order chi connectivity index (χ0) is 15.2. The second-order valence-corrected chi connectivity index (χ2v) is 4.12. The van der Waals surface area contributed by atoms with Crippen molar-refractivity contribution in [3.05, 3.63) is 47.7 Å². The minimum atomic E-state index is -0.506. The molecule has 2 aromatic rings. The highest BCUT2D eigenvalue weighted by molar-refractivity contribution is 5.98. The summed E-state index contributed by atoms with van der Waals surface area (Å²) >= 11 is 0. The van der Waals surface area contributed by atoms with Gasteiger partial charge in [-0.3, -0.25) is 0 Å². The number of nitrogens with zero attached hydrogens (tertiary/aromatic N) is 2. The molecule has 6 nitrogen and oxygen atoms in total. The van der Waals surface area contributed by atoms with Gasteiger partial charge in [0.25, 0.3) is 0 Å². The van der Waals surface area contributed by atoms with Crippen molar-refractivity contribution < 1.29 is 9.53 Å². The van der Waals surface area contributed by atoms with E-state index in [9.17, 15) is 4.79 Å². The molecule has 0 radical (unpaired) electrons. The summed E-state index contributed by atoms with van der Waals surface area (Å²) in [5.74, 6) is -0.197. The van der Waals surface area contributed by atoms with Crippen LogP contribution in [0.3, 0.4) is 0 Å². The van der Waals surface area contributed by atoms with Crippen LogP contribution in [0.2, 0.25) is 0 Å². The summed E-state index contributed by atoms with van der Waals surface area (Å²) in [6.45, 7) is 1.98. The zero-order valence-corrected chi connectivity index (χ0v) is 11.5. The lowest BCUT2D eigenvalue weighted by molar-refractivity contribution is 0.0527. The van der Waals surface area contributed by atoms with Crippen molar-refractivity contribution in [2.45, 2.75) is 6.92 Å². The molecule has 0 spiro atoms. The number of aromatic nitrogens is 1. The number of carbonyl (C=O) groups is 1. The van der Waals surface area contributed by atoms with Gasteiger partial charge < -0.3 is 15.8 Å². The number of rotatable bonds is 4. The minimum Gasteiger partial charge on any atom is -0.462 e. The molecule has 0 saturated heterocycles. The maximum absolute atomic E-state index is 11.8. The average Bonchev–Trinajstić information content (AvgIpc) is 2.50. The molecule has 6 heteroatoms. The lowest BCUT2D eigenvalue weighted by Gasteiger charge is -2.12. The van der Waals surface area contributed by atoms with Crippen LogP contribution in [0.5, 0.6) is 0 Å². The SMILES string of the molecule is CCOC(=O)c1ccnc(Nc2ccccc2C#N)c1N. The molecule has 0 bridgehead atoms. The number of anilines is 3. The van der Waals surface area contributed by atoms with E-state index < -0.39 is 5.97 Å². The molecule has 0 unspecified atom stereocenters. The van der Waals surface area contributed by atoms with E-state index in [0.717, 1.165) is 0 Å². The van der Waals surface area contributed by atoms with E-state index in [0.29, 0.717) is 17.1 Å². The van der Waals surface area contributed by atoms with E-state index in [1.165, 1.54) is 12.3 Å². The fourth-order valence-electron chi connectivity index (χ4n) is 1.78. The van der Waals surface area contributed by atoms with Crippen LogP contribution in [0.1, 0.15) is 22.8 Å². The number of carbonyl (C=O) groups excluding carboxylic acids is 1. The van der Waals surface area contributed by atoms with Gasteiger partial charge in [-0.15, -0.1) is 0 Å². The van der Waals surface area contributed by atoms with Crippen LogP contribution in [0.15, 0.2) is 36.5 Å². The second kappa shape index (κ2) is 6.39. The van der Waals surface area contributed by atoms with Gasteiger partial charge in [0, 0.05) is 6.20 Å². The Kier molecular flexibility index (Phi) is 4.36. The predicted molar refractivity (Wildman–Crippen MR) is 79.0 cm³/mol. The minimum absolute atomic E-state index is 0.184. The monoisotopic (exact) mass is 282 g/mol. The van der Waals surface area contributed by atoms with Gasteiger partial charge in [0.2, 0.25) is 0 Å². The predicted octanol–water partition coefficient (Wildman–Crippen LogP) is 2.46. The molecule has 2 rings (SSSR count). The first-order valence-corrected chi connectivity index (χ1v) is 6.35. The Hall–Kier alpha value is -3.07. The average molecular weight is 282 g/mol. The first-order valence-electron chi connectivity index (χ1n) is 6.35. The van der Waals surface area contributed by atoms with Crippen molar-refractivity contribution in [3.8, 4) is 6.07 Å². The Labute approximate surface area is 122 Å². The van der Waals surface area contributed by atoms with Crippen molar-refractivity contribution in [3.63, 3.8) is 0 Å². The van der Waals surface area contributed by atoms with Crippen LogP contribution in [0.4, 0.5) is 17.2 Å². The number of esters is 1. The molecule has 0 fully saturated rings. The molecule has 0 aliphatic carbocycles. The number of ether oxygens (including phenoxy) is 1. The summed E-state index contributed by atoms with van der Waals surface area (Å²) in [5.41, 5.74) is 7.40. The Morgan fingerprint density at radius 3 is 2.90 bits per heavy atom. The molecule has 0 aliphatic rings. The van der Waals surface area contributed by atoms with Gasteiger partial charge in [-0.1, -0.05) is 12.1 Å². The highest BCUT2D eigenvalue weighted by Crippen LogP contribution is 2.26. The molecule has 0 atom stereocenters. The van der Waals surface area contributed by atoms with E-state index >= 15 is 0 Å². The van der Waals surface area contributed by atoms with Crippen LogP contribution in [-0.2, 0) is 4.74 Å². The third-order valence-corrected chi connectivity index (χ3v) is 2.79. The number of nitrogen functional groups attached to an aromatic ring is 1. The first-order chi connectivity index (χ1) is 10.2. The van der Waals surface area contributed by atoms with Crippen LogP contribution in [0, 0.1) is 11.3 Å². The van der Waals surface area contributed by atoms with E-state index in [1.807, 2.05) is 0 Å². The number of benzene rings is 1. The summed E-state index contributed by atoms with van der Waals surface area (Å²) < 4.78 is 4.93. The van der Waals surface area contributed by atoms with E-state index in [-0.39, 0.29) is 17.9 Å². The Morgan fingerprint density at radius 1 is 1.43 bits per heavy atom. The molecule has 1 aromatic heterocycles. The van der Waals surface area contributed by atoms with Crippen LogP contribution in [-0.4, -0.2) is 17.6 Å². The number of pyridine rings is 1. The standard InChI is InChI=1S/C15H14N4O2/c1-2-21-15(20)11-7-8-18-14(13(11)17)19-12-6-4-3-5-10(12)9-16/h3-8H,2,17H2,1H3,(H,18,19). The van der Waals surface area contributed by atoms with Gasteiger partial charge in [0.1, 0.15) is 6.07 Å². The summed E-state index contributed by atoms with van der Waals surface area (Å²) in [5, 5.41) is 12.0. The molecule has 21 heavy (non-hydrogen) atoms. The largest absolute Gasteiger partial charge is 0.462 e. The molecule has 1 aromatic carbocycles. The number of nitrogens with two attached hydrogens (primary N) is 1. The van der Waals surface area contributed by atoms with Gasteiger partial charge in [0.15, 0.2) is 5.82 Å². The van der Waals surface area contributed by atoms with E-state index in [1.54, 1.807) is 31.2 Å². The second-order valence-electron chi connectivity index (χ2n) is 4.12. The number of nitrogens with one attached hydrogen (secondary N) is 1. The Bertz CT molecular complexity index is 707. The molecule has 0 aliphatic heterocycles. The number of hydrogen-bond acceptors (Lipinski definition) is 6.